The van der Waals surface area contributed by atoms with E-state index in [1.165, 1.54) is 13.0 Å². The number of aliphatic hydroxyl groups is 2. The first-order chi connectivity index (χ1) is 34.9. The first-order valence-electron chi connectivity index (χ1n) is 27.4. The molecule has 3 N–H and O–H groups in total. The average molecular weight is 1030 g/mol. The van der Waals surface area contributed by atoms with Crippen LogP contribution in [0.15, 0.2) is 42.0 Å². The van der Waals surface area contributed by atoms with E-state index < -0.39 is 95.0 Å². The molecule has 0 radical (unpaired) electrons. The maximum atomic E-state index is 14.8. The van der Waals surface area contributed by atoms with Crippen molar-refractivity contribution in [3.8, 4) is 6.07 Å². The molecular weight excluding hydrogens is 947 g/mol. The normalized spacial score (nSPS) is 36.2. The minimum Gasteiger partial charge on any atom is -0.460 e. The third-order valence-corrected chi connectivity index (χ3v) is 17.4. The number of anilines is 1. The molecule has 5 aliphatic heterocycles. The lowest BCUT2D eigenvalue weighted by Gasteiger charge is -2.54. The summed E-state index contributed by atoms with van der Waals surface area (Å²) in [7, 11) is 3.84. The van der Waals surface area contributed by atoms with Crippen LogP contribution in [0.1, 0.15) is 146 Å². The molecule has 2 spiro atoms. The van der Waals surface area contributed by atoms with Crippen LogP contribution >= 0.6 is 0 Å². The molecule has 4 saturated heterocycles. The van der Waals surface area contributed by atoms with Gasteiger partial charge in [-0.2, -0.15) is 5.26 Å². The number of carbonyl (C=O) groups excluding carboxylic acids is 4. The van der Waals surface area contributed by atoms with Crippen LogP contribution in [0.5, 0.6) is 0 Å². The Morgan fingerprint density at radius 1 is 0.932 bits per heavy atom. The van der Waals surface area contributed by atoms with Crippen LogP contribution in [-0.4, -0.2) is 127 Å². The van der Waals surface area contributed by atoms with Crippen LogP contribution < -0.4 is 10.2 Å². The van der Waals surface area contributed by atoms with Crippen molar-refractivity contribution >= 4 is 35.4 Å². The summed E-state index contributed by atoms with van der Waals surface area (Å²) in [6.07, 6.45) is 6.59. The quantitative estimate of drug-likeness (QED) is 0.0394. The molecule has 1 amide bonds. The highest BCUT2D eigenvalue weighted by Crippen LogP contribution is 2.55. The molecule has 74 heavy (non-hydrogen) atoms. The van der Waals surface area contributed by atoms with E-state index in [0.29, 0.717) is 63.4 Å². The van der Waals surface area contributed by atoms with Gasteiger partial charge in [-0.05, 0) is 119 Å². The van der Waals surface area contributed by atoms with E-state index in [1.807, 2.05) is 96.9 Å². The van der Waals surface area contributed by atoms with Gasteiger partial charge in [0.1, 0.15) is 24.0 Å². The maximum Gasteiger partial charge on any atom is 0.348 e. The minimum atomic E-state index is -1.41. The van der Waals surface area contributed by atoms with Gasteiger partial charge in [0.15, 0.2) is 11.9 Å². The number of carbonyl (C=O) groups is 4. The minimum absolute atomic E-state index is 0.0437. The lowest BCUT2D eigenvalue weighted by molar-refractivity contribution is -0.409. The van der Waals surface area contributed by atoms with Gasteiger partial charge in [-0.25, -0.2) is 4.79 Å². The van der Waals surface area contributed by atoms with Gasteiger partial charge in [0, 0.05) is 56.8 Å². The van der Waals surface area contributed by atoms with E-state index in [0.717, 1.165) is 12.1 Å². The second kappa shape index (κ2) is 24.4. The SMILES string of the molecule is CCC(C(=O)NCCOC(=O)/C(C#N)=C/c1ccc(N(C)C)cc1)[C@H]1CC[C@H](C)[C@H](C(C)C(O)[C@H](C)C(=O)[C@H](CC)[C@H]2O[C@]3(C=C[C@@H](OC(C)=O)[C@]4(CC[C@@](C)([C@H]5CC[C@](O)(CC)C(C)O5)O4)O3)C(C)CC2C)O1. The smallest absolute Gasteiger partial charge is 0.348 e. The van der Waals surface area contributed by atoms with Crippen molar-refractivity contribution in [2.24, 2.45) is 41.4 Å². The van der Waals surface area contributed by atoms with E-state index in [-0.39, 0.29) is 54.3 Å². The number of aliphatic hydroxyl groups excluding tert-OH is 1. The number of hydrogen-bond acceptors (Lipinski definition) is 15. The second-order valence-corrected chi connectivity index (χ2v) is 22.7. The Balaban J connectivity index is 1.08. The van der Waals surface area contributed by atoms with Crippen molar-refractivity contribution in [2.45, 2.75) is 206 Å². The zero-order valence-corrected chi connectivity index (χ0v) is 46.4. The van der Waals surface area contributed by atoms with Gasteiger partial charge >= 0.3 is 11.9 Å². The topological polar surface area (TPSA) is 212 Å². The molecule has 5 aliphatic rings. The van der Waals surface area contributed by atoms with Crippen molar-refractivity contribution in [3.05, 3.63) is 47.6 Å². The number of amides is 1. The van der Waals surface area contributed by atoms with Gasteiger partial charge in [-0.3, -0.25) is 14.4 Å². The monoisotopic (exact) mass is 1030 g/mol. The van der Waals surface area contributed by atoms with Crippen LogP contribution in [0.3, 0.4) is 0 Å². The lowest BCUT2D eigenvalue weighted by atomic mass is 9.72. The molecular formula is C58H87N3O13. The summed E-state index contributed by atoms with van der Waals surface area (Å²) in [5.41, 5.74) is -0.241. The molecule has 16 heteroatoms. The Hall–Kier alpha value is -4.21. The zero-order valence-electron chi connectivity index (χ0n) is 46.4. The Kier molecular flexibility index (Phi) is 19.5. The molecule has 0 saturated carbocycles. The largest absolute Gasteiger partial charge is 0.460 e. The van der Waals surface area contributed by atoms with Crippen LogP contribution in [0.4, 0.5) is 5.69 Å². The summed E-state index contributed by atoms with van der Waals surface area (Å²) in [6.45, 7) is 20.9. The average Bonchev–Trinajstić information content (AvgIpc) is 3.71. The predicted molar refractivity (Wildman–Crippen MR) is 279 cm³/mol. The predicted octanol–water partition coefficient (Wildman–Crippen LogP) is 8.01. The molecule has 6 unspecified atom stereocenters. The first kappa shape index (κ1) is 59.0. The molecule has 6 rings (SSSR count). The highest BCUT2D eigenvalue weighted by molar-refractivity contribution is 5.98. The standard InChI is InChI=1S/C58H87N3O13/c1-14-44(53(65)60-29-30-68-54(66)42(33-59)32-41-18-20-43(21-19-41)61(12)13)46-22-17-34(4)51(71-46)38(8)49(63)37(7)50(64)45(15-2)52-35(5)31-36(6)57(72-52)26-24-48(70-40(10)62)58(74-57)28-27-55(11,73-58)47-23-25-56(67,16-3)39(9)69-47/h18-21,24,26,32,34-39,44-49,51-52,63,67H,14-17,22-23,25,27-31H2,1-13H3,(H,60,65)/b42-32+/t34-,35?,36?,37-,38?,39?,44?,45-,46+,47+,48+,49?,51+,52-,55-,56+,57-,58-/m0/s1. The zero-order chi connectivity index (χ0) is 54.5. The molecule has 16 nitrogen and oxygen atoms in total. The number of esters is 2. The van der Waals surface area contributed by atoms with Gasteiger partial charge in [-0.1, -0.05) is 67.5 Å². The number of rotatable bonds is 19. The third-order valence-electron chi connectivity index (χ3n) is 17.4. The summed E-state index contributed by atoms with van der Waals surface area (Å²) < 4.78 is 45.7. The van der Waals surface area contributed by atoms with Gasteiger partial charge in [-0.15, -0.1) is 0 Å². The number of nitrogens with one attached hydrogen (secondary N) is 1. The van der Waals surface area contributed by atoms with Gasteiger partial charge < -0.3 is 53.6 Å². The molecule has 0 aliphatic carbocycles. The van der Waals surface area contributed by atoms with Crippen LogP contribution in [0.25, 0.3) is 6.08 Å². The third kappa shape index (κ3) is 12.6. The second-order valence-electron chi connectivity index (χ2n) is 22.7. The summed E-state index contributed by atoms with van der Waals surface area (Å²) in [5.74, 6) is -6.90. The Bertz CT molecular complexity index is 2230. The number of hydrogen-bond donors (Lipinski definition) is 3. The fourth-order valence-corrected chi connectivity index (χ4v) is 12.5. The number of nitrogens with zero attached hydrogens (tertiary/aromatic N) is 2. The van der Waals surface area contributed by atoms with Gasteiger partial charge in [0.2, 0.25) is 11.7 Å². The fraction of sp³-hybridized carbons (Fsp3) is 0.741. The summed E-state index contributed by atoms with van der Waals surface area (Å²) >= 11 is 0. The first-order valence-corrected chi connectivity index (χ1v) is 27.4. The van der Waals surface area contributed by atoms with E-state index in [2.05, 4.69) is 26.1 Å². The Labute approximate surface area is 440 Å². The Morgan fingerprint density at radius 2 is 1.62 bits per heavy atom. The molecule has 1 aromatic carbocycles. The summed E-state index contributed by atoms with van der Waals surface area (Å²) in [4.78, 5) is 55.8. The van der Waals surface area contributed by atoms with Gasteiger partial charge in [0.25, 0.3) is 0 Å². The summed E-state index contributed by atoms with van der Waals surface area (Å²) in [6, 6.07) is 9.30. The number of Topliss-reactive ketones (excluding diaryl/α,β-unsaturated/α-hetero) is 1. The summed E-state index contributed by atoms with van der Waals surface area (Å²) in [5, 5.41) is 35.8. The molecule has 0 aromatic heterocycles. The molecule has 4 fully saturated rings. The van der Waals surface area contributed by atoms with Crippen LogP contribution in [0.2, 0.25) is 0 Å². The van der Waals surface area contributed by atoms with Crippen molar-refractivity contribution in [2.75, 3.05) is 32.1 Å². The van der Waals surface area contributed by atoms with Crippen molar-refractivity contribution in [3.63, 3.8) is 0 Å². The fourth-order valence-electron chi connectivity index (χ4n) is 12.5. The van der Waals surface area contributed by atoms with Gasteiger partial charge in [0.05, 0.1) is 60.3 Å². The number of benzene rings is 1. The molecule has 1 aromatic rings. The highest BCUT2D eigenvalue weighted by atomic mass is 16.8. The molecule has 5 heterocycles. The van der Waals surface area contributed by atoms with Crippen molar-refractivity contribution in [1.82, 2.24) is 5.32 Å². The highest BCUT2D eigenvalue weighted by Gasteiger charge is 2.64. The van der Waals surface area contributed by atoms with Crippen molar-refractivity contribution in [1.29, 1.82) is 5.26 Å². The Morgan fingerprint density at radius 3 is 2.23 bits per heavy atom. The van der Waals surface area contributed by atoms with E-state index in [9.17, 15) is 34.7 Å². The number of ether oxygens (including phenoxy) is 7. The van der Waals surface area contributed by atoms with E-state index in [4.69, 9.17) is 33.2 Å². The van der Waals surface area contributed by atoms with Crippen LogP contribution in [-0.2, 0) is 52.3 Å². The number of nitriles is 1. The molecule has 18 atom stereocenters. The molecule has 0 bridgehead atoms. The lowest BCUT2D eigenvalue weighted by Crippen LogP contribution is -2.63. The maximum absolute atomic E-state index is 14.8. The van der Waals surface area contributed by atoms with E-state index in [1.54, 1.807) is 13.0 Å². The molecule has 412 valence electrons. The van der Waals surface area contributed by atoms with Crippen LogP contribution in [0, 0.1) is 52.8 Å². The van der Waals surface area contributed by atoms with Crippen molar-refractivity contribution < 1.29 is 62.5 Å². The number of ketones is 1. The van der Waals surface area contributed by atoms with E-state index >= 15 is 0 Å².